The number of pyridine rings is 1. The third kappa shape index (κ3) is 6.94. The fourth-order valence-corrected chi connectivity index (χ4v) is 3.15. The van der Waals surface area contributed by atoms with Crippen LogP contribution in [-0.4, -0.2) is 36.7 Å². The predicted molar refractivity (Wildman–Crippen MR) is 113 cm³/mol. The smallest absolute Gasteiger partial charge is 0.227 e. The van der Waals surface area contributed by atoms with Gasteiger partial charge in [-0.2, -0.15) is 0 Å². The van der Waals surface area contributed by atoms with Gasteiger partial charge in [-0.15, -0.1) is 11.8 Å². The number of benzene rings is 1. The molecule has 0 bridgehead atoms. The number of amides is 1. The molecule has 1 aromatic heterocycles. The highest BCUT2D eigenvalue weighted by Gasteiger charge is 2.06. The Hall–Kier alpha value is -2.54. The molecule has 0 atom stereocenters. The molecule has 1 aromatic carbocycles. The van der Waals surface area contributed by atoms with Crippen LogP contribution in [-0.2, 0) is 11.3 Å². The maximum absolute atomic E-state index is 12.0. The summed E-state index contributed by atoms with van der Waals surface area (Å²) >= 11 is 1.73. The molecule has 1 amide bonds. The number of hydrogen-bond acceptors (Lipinski definition) is 4. The first-order valence-corrected chi connectivity index (χ1v) is 10.0. The predicted octanol–water partition coefficient (Wildman–Crippen LogP) is 3.11. The standard InChI is InChI=1S/C20H27N5OS/c1-14-5-7-16(17(11-14)27-4)13-24-20(21-3)22-10-9-19(26)25-18-8-6-15(2)12-23-18/h5-8,11-12H,9-10,13H2,1-4H3,(H2,21,22,24)(H,23,25,26). The van der Waals surface area contributed by atoms with Crippen molar-refractivity contribution in [2.24, 2.45) is 4.99 Å². The Morgan fingerprint density at radius 3 is 2.59 bits per heavy atom. The monoisotopic (exact) mass is 385 g/mol. The Morgan fingerprint density at radius 1 is 1.15 bits per heavy atom. The van der Waals surface area contributed by atoms with E-state index in [1.165, 1.54) is 16.0 Å². The maximum atomic E-state index is 12.0. The summed E-state index contributed by atoms with van der Waals surface area (Å²) in [6.07, 6.45) is 4.14. The molecule has 7 heteroatoms. The summed E-state index contributed by atoms with van der Waals surface area (Å²) in [6.45, 7) is 5.21. The second-order valence-electron chi connectivity index (χ2n) is 6.19. The van der Waals surface area contributed by atoms with Gasteiger partial charge in [-0.3, -0.25) is 9.79 Å². The highest BCUT2D eigenvalue weighted by atomic mass is 32.2. The van der Waals surface area contributed by atoms with Gasteiger partial charge in [0.2, 0.25) is 5.91 Å². The number of thioether (sulfide) groups is 1. The molecule has 144 valence electrons. The lowest BCUT2D eigenvalue weighted by Gasteiger charge is -2.14. The quantitative estimate of drug-likeness (QED) is 0.388. The Morgan fingerprint density at radius 2 is 1.93 bits per heavy atom. The topological polar surface area (TPSA) is 78.4 Å². The summed E-state index contributed by atoms with van der Waals surface area (Å²) < 4.78 is 0. The molecule has 27 heavy (non-hydrogen) atoms. The zero-order chi connectivity index (χ0) is 19.6. The fourth-order valence-electron chi connectivity index (χ4n) is 2.44. The Balaban J connectivity index is 1.77. The van der Waals surface area contributed by atoms with Crippen LogP contribution in [0.5, 0.6) is 0 Å². The van der Waals surface area contributed by atoms with Gasteiger partial charge in [-0.1, -0.05) is 18.2 Å². The Bertz CT molecular complexity index is 789. The Kier molecular flexibility index (Phi) is 8.13. The number of nitrogens with zero attached hydrogens (tertiary/aromatic N) is 2. The number of aliphatic imine (C=N–C) groups is 1. The van der Waals surface area contributed by atoms with Crippen molar-refractivity contribution in [2.45, 2.75) is 31.7 Å². The molecule has 1 heterocycles. The van der Waals surface area contributed by atoms with E-state index in [-0.39, 0.29) is 5.91 Å². The van der Waals surface area contributed by atoms with E-state index in [1.54, 1.807) is 31.1 Å². The minimum atomic E-state index is -0.0856. The molecule has 0 radical (unpaired) electrons. The van der Waals surface area contributed by atoms with E-state index in [4.69, 9.17) is 0 Å². The third-order valence-electron chi connectivity index (χ3n) is 3.94. The van der Waals surface area contributed by atoms with E-state index >= 15 is 0 Å². The lowest BCUT2D eigenvalue weighted by Crippen LogP contribution is -2.38. The summed E-state index contributed by atoms with van der Waals surface area (Å²) in [7, 11) is 1.72. The minimum Gasteiger partial charge on any atom is -0.356 e. The fraction of sp³-hybridized carbons (Fsp3) is 0.350. The SMILES string of the molecule is CN=C(NCCC(=O)Nc1ccc(C)cn1)NCc1ccc(C)cc1SC. The number of aryl methyl sites for hydroxylation is 2. The molecule has 0 saturated heterocycles. The van der Waals surface area contributed by atoms with Gasteiger partial charge in [-0.25, -0.2) is 4.98 Å². The molecule has 6 nitrogen and oxygen atoms in total. The molecule has 2 rings (SSSR count). The van der Waals surface area contributed by atoms with Gasteiger partial charge in [0, 0.05) is 37.7 Å². The molecule has 0 aliphatic heterocycles. The van der Waals surface area contributed by atoms with Crippen molar-refractivity contribution >= 4 is 29.4 Å². The first-order chi connectivity index (χ1) is 13.0. The number of nitrogens with one attached hydrogen (secondary N) is 3. The van der Waals surface area contributed by atoms with Crippen LogP contribution in [0.15, 0.2) is 46.4 Å². The molecule has 0 fully saturated rings. The van der Waals surface area contributed by atoms with Gasteiger partial charge in [0.15, 0.2) is 5.96 Å². The van der Waals surface area contributed by atoms with Crippen LogP contribution in [0, 0.1) is 13.8 Å². The van der Waals surface area contributed by atoms with Crippen molar-refractivity contribution in [3.05, 3.63) is 53.2 Å². The van der Waals surface area contributed by atoms with Gasteiger partial charge >= 0.3 is 0 Å². The molecule has 0 spiro atoms. The summed E-state index contributed by atoms with van der Waals surface area (Å²) in [5, 5.41) is 9.24. The number of carbonyl (C=O) groups excluding carboxylic acids is 1. The maximum Gasteiger partial charge on any atom is 0.227 e. The first-order valence-electron chi connectivity index (χ1n) is 8.82. The van der Waals surface area contributed by atoms with E-state index in [0.29, 0.717) is 31.3 Å². The molecule has 3 N–H and O–H groups in total. The first kappa shape index (κ1) is 20.8. The number of rotatable bonds is 7. The van der Waals surface area contributed by atoms with E-state index in [9.17, 15) is 4.79 Å². The number of carbonyl (C=O) groups is 1. The summed E-state index contributed by atoms with van der Waals surface area (Å²) in [6, 6.07) is 10.1. The van der Waals surface area contributed by atoms with Crippen molar-refractivity contribution < 1.29 is 4.79 Å². The van der Waals surface area contributed by atoms with Crippen molar-refractivity contribution in [3.63, 3.8) is 0 Å². The molecule has 0 aliphatic rings. The molecule has 0 aliphatic carbocycles. The van der Waals surface area contributed by atoms with E-state index in [1.807, 2.05) is 13.0 Å². The van der Waals surface area contributed by atoms with E-state index < -0.39 is 0 Å². The number of guanidine groups is 1. The lowest BCUT2D eigenvalue weighted by molar-refractivity contribution is -0.116. The van der Waals surface area contributed by atoms with Crippen LogP contribution >= 0.6 is 11.8 Å². The van der Waals surface area contributed by atoms with Gasteiger partial charge in [-0.05, 0) is 48.9 Å². The van der Waals surface area contributed by atoms with E-state index in [0.717, 1.165) is 5.56 Å². The number of anilines is 1. The van der Waals surface area contributed by atoms with Crippen LogP contribution in [0.2, 0.25) is 0 Å². The Labute approximate surface area is 165 Å². The van der Waals surface area contributed by atoms with Gasteiger partial charge in [0.05, 0.1) is 0 Å². The third-order valence-corrected chi connectivity index (χ3v) is 4.76. The largest absolute Gasteiger partial charge is 0.356 e. The molecule has 0 unspecified atom stereocenters. The average molecular weight is 386 g/mol. The van der Waals surface area contributed by atoms with Gasteiger partial charge in [0.25, 0.3) is 0 Å². The van der Waals surface area contributed by atoms with Gasteiger partial charge < -0.3 is 16.0 Å². The van der Waals surface area contributed by atoms with Gasteiger partial charge in [0.1, 0.15) is 5.82 Å². The highest BCUT2D eigenvalue weighted by Crippen LogP contribution is 2.21. The lowest BCUT2D eigenvalue weighted by atomic mass is 10.1. The van der Waals surface area contributed by atoms with Crippen LogP contribution in [0.1, 0.15) is 23.1 Å². The molecular weight excluding hydrogens is 358 g/mol. The van der Waals surface area contributed by atoms with E-state index in [2.05, 4.69) is 57.3 Å². The van der Waals surface area contributed by atoms with Crippen LogP contribution < -0.4 is 16.0 Å². The second-order valence-corrected chi connectivity index (χ2v) is 7.03. The molecule has 2 aromatic rings. The number of aromatic nitrogens is 1. The highest BCUT2D eigenvalue weighted by molar-refractivity contribution is 7.98. The van der Waals surface area contributed by atoms with Crippen LogP contribution in [0.25, 0.3) is 0 Å². The zero-order valence-corrected chi connectivity index (χ0v) is 17.1. The van der Waals surface area contributed by atoms with Crippen molar-refractivity contribution in [1.29, 1.82) is 0 Å². The van der Waals surface area contributed by atoms with Crippen molar-refractivity contribution in [3.8, 4) is 0 Å². The summed E-state index contributed by atoms with van der Waals surface area (Å²) in [4.78, 5) is 21.6. The molecule has 0 saturated carbocycles. The van der Waals surface area contributed by atoms with Crippen molar-refractivity contribution in [1.82, 2.24) is 15.6 Å². The number of hydrogen-bond donors (Lipinski definition) is 3. The second kappa shape index (κ2) is 10.6. The summed E-state index contributed by atoms with van der Waals surface area (Å²) in [5.41, 5.74) is 3.53. The molecular formula is C20H27N5OS. The van der Waals surface area contributed by atoms with Crippen LogP contribution in [0.4, 0.5) is 5.82 Å². The normalized spacial score (nSPS) is 11.2. The zero-order valence-electron chi connectivity index (χ0n) is 16.3. The average Bonchev–Trinajstić information content (AvgIpc) is 2.67. The minimum absolute atomic E-state index is 0.0856. The van der Waals surface area contributed by atoms with Crippen molar-refractivity contribution in [2.75, 3.05) is 25.2 Å². The summed E-state index contributed by atoms with van der Waals surface area (Å²) in [5.74, 6) is 1.15. The van der Waals surface area contributed by atoms with Crippen LogP contribution in [0.3, 0.4) is 0 Å².